The molecule has 1 rings (SSSR count). The Hall–Kier alpha value is -0.903. The number of aromatic nitrogens is 2. The fraction of sp³-hybridized carbons (Fsp3) is 0.667. The van der Waals surface area contributed by atoms with Crippen LogP contribution in [-0.2, 0) is 25.3 Å². The second-order valence-corrected chi connectivity index (χ2v) is 14.0. The molecule has 0 atom stereocenters. The first kappa shape index (κ1) is 19.1. The first-order valence-corrected chi connectivity index (χ1v) is 12.8. The molecule has 22 heavy (non-hydrogen) atoms. The molecule has 0 unspecified atom stereocenters. The lowest BCUT2D eigenvalue weighted by Crippen LogP contribution is -2.22. The molecule has 0 spiro atoms. The fourth-order valence-electron chi connectivity index (χ4n) is 1.51. The van der Waals surface area contributed by atoms with Gasteiger partial charge in [0.1, 0.15) is 6.73 Å². The molecular formula is C12H21ClN2O5SSi. The van der Waals surface area contributed by atoms with E-state index in [4.69, 9.17) is 20.2 Å². The molecule has 0 saturated heterocycles. The molecule has 1 aromatic heterocycles. The van der Waals surface area contributed by atoms with E-state index in [-0.39, 0.29) is 19.0 Å². The number of halogens is 1. The van der Waals surface area contributed by atoms with Gasteiger partial charge in [0, 0.05) is 31.4 Å². The van der Waals surface area contributed by atoms with E-state index in [0.717, 1.165) is 16.8 Å². The van der Waals surface area contributed by atoms with E-state index in [9.17, 15) is 13.2 Å². The van der Waals surface area contributed by atoms with Crippen molar-refractivity contribution in [1.82, 2.24) is 9.78 Å². The summed E-state index contributed by atoms with van der Waals surface area (Å²) < 4.78 is 34.2. The molecule has 7 nitrogen and oxygen atoms in total. The van der Waals surface area contributed by atoms with Gasteiger partial charge in [-0.15, -0.1) is 0 Å². The van der Waals surface area contributed by atoms with Gasteiger partial charge in [0.15, 0.2) is 10.7 Å². The number of esters is 1. The maximum absolute atomic E-state index is 11.8. The van der Waals surface area contributed by atoms with Crippen molar-refractivity contribution in [2.24, 2.45) is 0 Å². The van der Waals surface area contributed by atoms with Crippen LogP contribution in [0.1, 0.15) is 17.4 Å². The third-order valence-corrected chi connectivity index (χ3v) is 5.58. The van der Waals surface area contributed by atoms with Crippen LogP contribution in [0.15, 0.2) is 11.1 Å². The first-order valence-electron chi connectivity index (χ1n) is 6.82. The lowest BCUT2D eigenvalue weighted by molar-refractivity contribution is 0.0454. The molecule has 0 bridgehead atoms. The molecule has 10 heteroatoms. The van der Waals surface area contributed by atoms with E-state index in [0.29, 0.717) is 6.61 Å². The molecule has 0 aliphatic heterocycles. The maximum atomic E-state index is 11.8. The summed E-state index contributed by atoms with van der Waals surface area (Å²) in [6, 6.07) is 2.03. The number of ether oxygens (including phenoxy) is 2. The van der Waals surface area contributed by atoms with Crippen LogP contribution < -0.4 is 0 Å². The number of hydrogen-bond acceptors (Lipinski definition) is 6. The molecule has 0 aliphatic carbocycles. The van der Waals surface area contributed by atoms with Gasteiger partial charge in [0.2, 0.25) is 0 Å². The summed E-state index contributed by atoms with van der Waals surface area (Å²) >= 11 is 0. The molecule has 0 saturated carbocycles. The number of carbonyl (C=O) groups is 1. The second kappa shape index (κ2) is 7.58. The monoisotopic (exact) mass is 368 g/mol. The molecule has 1 heterocycles. The molecule has 0 N–H and O–H groups in total. The summed E-state index contributed by atoms with van der Waals surface area (Å²) in [6.45, 7) is 8.95. The average molecular weight is 369 g/mol. The molecule has 1 aromatic rings. The van der Waals surface area contributed by atoms with E-state index in [2.05, 4.69) is 24.7 Å². The molecule has 0 fully saturated rings. The lowest BCUT2D eigenvalue weighted by Gasteiger charge is -2.15. The van der Waals surface area contributed by atoms with Crippen molar-refractivity contribution >= 4 is 33.8 Å². The van der Waals surface area contributed by atoms with Crippen LogP contribution in [0.2, 0.25) is 25.7 Å². The zero-order valence-corrected chi connectivity index (χ0v) is 15.7. The summed E-state index contributed by atoms with van der Waals surface area (Å²) in [5, 5.41) is 3.40. The van der Waals surface area contributed by atoms with Crippen LogP contribution in [0.3, 0.4) is 0 Å². The van der Waals surface area contributed by atoms with Crippen molar-refractivity contribution in [1.29, 1.82) is 0 Å². The number of rotatable bonds is 8. The Morgan fingerprint density at radius 3 is 2.55 bits per heavy atom. The van der Waals surface area contributed by atoms with Crippen molar-refractivity contribution in [3.8, 4) is 0 Å². The van der Waals surface area contributed by atoms with E-state index >= 15 is 0 Å². The van der Waals surface area contributed by atoms with E-state index in [1.807, 2.05) is 0 Å². The summed E-state index contributed by atoms with van der Waals surface area (Å²) in [6.07, 6.45) is 0. The van der Waals surface area contributed by atoms with Gasteiger partial charge in [-0.05, 0) is 13.0 Å². The van der Waals surface area contributed by atoms with Crippen molar-refractivity contribution in [2.45, 2.75) is 44.4 Å². The highest BCUT2D eigenvalue weighted by Crippen LogP contribution is 2.16. The Morgan fingerprint density at radius 2 is 2.05 bits per heavy atom. The molecule has 126 valence electrons. The highest BCUT2D eigenvalue weighted by Gasteiger charge is 2.23. The Labute approximate surface area is 136 Å². The van der Waals surface area contributed by atoms with Crippen molar-refractivity contribution in [2.75, 3.05) is 13.2 Å². The van der Waals surface area contributed by atoms with Crippen molar-refractivity contribution in [3.63, 3.8) is 0 Å². The molecule has 0 aromatic carbocycles. The number of nitrogens with zero attached hydrogens (tertiary/aromatic N) is 2. The lowest BCUT2D eigenvalue weighted by atomic mass is 10.4. The molecule has 0 amide bonds. The minimum atomic E-state index is -4.02. The fourth-order valence-corrected chi connectivity index (χ4v) is 2.94. The van der Waals surface area contributed by atoms with Gasteiger partial charge in [0.25, 0.3) is 9.05 Å². The van der Waals surface area contributed by atoms with Crippen LogP contribution in [0.4, 0.5) is 0 Å². The van der Waals surface area contributed by atoms with E-state index in [1.54, 1.807) is 6.92 Å². The minimum absolute atomic E-state index is 0.00548. The standard InChI is InChI=1S/C12H21ClN2O5SSi/c1-5-20-12(16)10-8-11(21(13,17)18)14-15(10)9-19-6-7-22(2,3)4/h8H,5-7,9H2,1-4H3. The van der Waals surface area contributed by atoms with Crippen LogP contribution in [0, 0.1) is 0 Å². The van der Waals surface area contributed by atoms with E-state index < -0.39 is 28.1 Å². The minimum Gasteiger partial charge on any atom is -0.461 e. The molecular weight excluding hydrogens is 348 g/mol. The third kappa shape index (κ3) is 6.07. The van der Waals surface area contributed by atoms with Gasteiger partial charge < -0.3 is 9.47 Å². The third-order valence-electron chi connectivity index (χ3n) is 2.70. The summed E-state index contributed by atoms with van der Waals surface area (Å²) in [7, 11) is 0.00132. The zero-order valence-electron chi connectivity index (χ0n) is 13.1. The first-order chi connectivity index (χ1) is 10.0. The number of hydrogen-bond donors (Lipinski definition) is 0. The Kier molecular flexibility index (Phi) is 6.60. The maximum Gasteiger partial charge on any atom is 0.356 e. The van der Waals surface area contributed by atoms with Crippen molar-refractivity contribution in [3.05, 3.63) is 11.8 Å². The summed E-state index contributed by atoms with van der Waals surface area (Å²) in [4.78, 5) is 11.8. The smallest absolute Gasteiger partial charge is 0.356 e. The van der Waals surface area contributed by atoms with Gasteiger partial charge in [-0.3, -0.25) is 0 Å². The highest BCUT2D eigenvalue weighted by molar-refractivity contribution is 8.13. The molecule has 0 aliphatic rings. The summed E-state index contributed by atoms with van der Waals surface area (Å²) in [5.41, 5.74) is -0.00548. The topological polar surface area (TPSA) is 87.5 Å². The summed E-state index contributed by atoms with van der Waals surface area (Å²) in [5.74, 6) is -0.671. The predicted molar refractivity (Wildman–Crippen MR) is 85.3 cm³/mol. The predicted octanol–water partition coefficient (Wildman–Crippen LogP) is 2.30. The SMILES string of the molecule is CCOC(=O)c1cc(S(=O)(=O)Cl)nn1COCC[Si](C)(C)C. The Balaban J connectivity index is 2.87. The van der Waals surface area contributed by atoms with E-state index in [1.165, 1.54) is 0 Å². The zero-order chi connectivity index (χ0) is 17.0. The Bertz CT molecular complexity index is 624. The van der Waals surface area contributed by atoms with Crippen LogP contribution >= 0.6 is 10.7 Å². The quantitative estimate of drug-likeness (QED) is 0.303. The normalized spacial score (nSPS) is 12.4. The van der Waals surface area contributed by atoms with Crippen LogP contribution in [-0.4, -0.2) is 45.5 Å². The van der Waals surface area contributed by atoms with Gasteiger partial charge >= 0.3 is 5.97 Å². The van der Waals surface area contributed by atoms with Gasteiger partial charge in [0.05, 0.1) is 6.61 Å². The number of carbonyl (C=O) groups excluding carboxylic acids is 1. The van der Waals surface area contributed by atoms with Crippen molar-refractivity contribution < 1.29 is 22.7 Å². The Morgan fingerprint density at radius 1 is 1.41 bits per heavy atom. The van der Waals surface area contributed by atoms with Crippen LogP contribution in [0.25, 0.3) is 0 Å². The molecule has 0 radical (unpaired) electrons. The highest BCUT2D eigenvalue weighted by atomic mass is 35.7. The van der Waals surface area contributed by atoms with Gasteiger partial charge in [-0.25, -0.2) is 17.9 Å². The van der Waals surface area contributed by atoms with Gasteiger partial charge in [-0.2, -0.15) is 5.10 Å². The average Bonchev–Trinajstić information content (AvgIpc) is 2.78. The second-order valence-electron chi connectivity index (χ2n) is 5.87. The largest absolute Gasteiger partial charge is 0.461 e. The van der Waals surface area contributed by atoms with Crippen LogP contribution in [0.5, 0.6) is 0 Å². The van der Waals surface area contributed by atoms with Gasteiger partial charge in [-0.1, -0.05) is 19.6 Å².